The number of nitrogens with zero attached hydrogens (tertiary/aromatic N) is 2. The summed E-state index contributed by atoms with van der Waals surface area (Å²) in [4.78, 5) is 21.0. The average molecular weight is 452 g/mol. The van der Waals surface area contributed by atoms with Crippen molar-refractivity contribution < 1.29 is 23.4 Å². The fraction of sp³-hybridized carbons (Fsp3) is 0.292. The molecule has 1 aliphatic heterocycles. The van der Waals surface area contributed by atoms with E-state index in [9.17, 15) is 9.18 Å². The summed E-state index contributed by atoms with van der Waals surface area (Å²) in [6.07, 6.45) is 2.68. The summed E-state index contributed by atoms with van der Waals surface area (Å²) in [5.41, 5.74) is 7.29. The van der Waals surface area contributed by atoms with Crippen LogP contribution in [0.3, 0.4) is 0 Å². The van der Waals surface area contributed by atoms with E-state index in [4.69, 9.17) is 19.9 Å². The SMILES string of the molecule is CCCOc1cc(-c2ccnc(N)n2)c(F)cc1NC(=O)C1COc2ccc(OC)cc2C1. The summed E-state index contributed by atoms with van der Waals surface area (Å²) >= 11 is 0. The van der Waals surface area contributed by atoms with E-state index in [0.717, 1.165) is 17.7 Å². The van der Waals surface area contributed by atoms with Gasteiger partial charge in [-0.3, -0.25) is 4.79 Å². The van der Waals surface area contributed by atoms with Gasteiger partial charge >= 0.3 is 0 Å². The molecule has 8 nitrogen and oxygen atoms in total. The molecule has 172 valence electrons. The number of nitrogens with two attached hydrogens (primary N) is 1. The molecule has 1 amide bonds. The van der Waals surface area contributed by atoms with Gasteiger partial charge in [-0.25, -0.2) is 14.4 Å². The van der Waals surface area contributed by atoms with E-state index in [1.54, 1.807) is 13.2 Å². The number of rotatable bonds is 7. The van der Waals surface area contributed by atoms with Crippen LogP contribution in [0.15, 0.2) is 42.6 Å². The van der Waals surface area contributed by atoms with Gasteiger partial charge in [0, 0.05) is 17.8 Å². The molecule has 0 saturated heterocycles. The molecule has 1 aromatic heterocycles. The Hall–Kier alpha value is -3.88. The molecule has 4 rings (SSSR count). The lowest BCUT2D eigenvalue weighted by molar-refractivity contribution is -0.121. The molecule has 2 heterocycles. The van der Waals surface area contributed by atoms with Crippen LogP contribution in [0.5, 0.6) is 17.2 Å². The van der Waals surface area contributed by atoms with E-state index in [2.05, 4.69) is 15.3 Å². The quantitative estimate of drug-likeness (QED) is 0.560. The largest absolute Gasteiger partial charge is 0.497 e. The van der Waals surface area contributed by atoms with E-state index in [1.807, 2.05) is 25.1 Å². The van der Waals surface area contributed by atoms with Gasteiger partial charge in [0.05, 0.1) is 31.0 Å². The summed E-state index contributed by atoms with van der Waals surface area (Å²) in [5, 5.41) is 2.81. The highest BCUT2D eigenvalue weighted by Gasteiger charge is 2.27. The Kier molecular flexibility index (Phi) is 6.58. The first kappa shape index (κ1) is 22.3. The van der Waals surface area contributed by atoms with Crippen molar-refractivity contribution in [2.45, 2.75) is 19.8 Å². The minimum absolute atomic E-state index is 0.0366. The molecule has 1 unspecified atom stereocenters. The van der Waals surface area contributed by atoms with Crippen LogP contribution in [0.1, 0.15) is 18.9 Å². The average Bonchev–Trinajstić information content (AvgIpc) is 2.82. The summed E-state index contributed by atoms with van der Waals surface area (Å²) in [7, 11) is 1.58. The first-order valence-electron chi connectivity index (χ1n) is 10.6. The smallest absolute Gasteiger partial charge is 0.231 e. The fourth-order valence-electron chi connectivity index (χ4n) is 3.60. The number of halogens is 1. The molecule has 3 N–H and O–H groups in total. The van der Waals surface area contributed by atoms with E-state index in [1.165, 1.54) is 18.3 Å². The molecule has 0 saturated carbocycles. The number of nitrogens with one attached hydrogen (secondary N) is 1. The lowest BCUT2D eigenvalue weighted by atomic mass is 9.95. The first-order chi connectivity index (χ1) is 16.0. The van der Waals surface area contributed by atoms with Crippen LogP contribution in [-0.4, -0.2) is 36.2 Å². The van der Waals surface area contributed by atoms with Crippen LogP contribution in [0.25, 0.3) is 11.3 Å². The van der Waals surface area contributed by atoms with Gasteiger partial charge in [0.15, 0.2) is 0 Å². The molecule has 1 aliphatic rings. The Labute approximate surface area is 190 Å². The number of aromatic nitrogens is 2. The Balaban J connectivity index is 1.58. The maximum atomic E-state index is 15.0. The normalized spacial score (nSPS) is 14.7. The van der Waals surface area contributed by atoms with Gasteiger partial charge in [-0.1, -0.05) is 6.92 Å². The molecule has 0 radical (unpaired) electrons. The third-order valence-corrected chi connectivity index (χ3v) is 5.28. The van der Waals surface area contributed by atoms with Crippen LogP contribution >= 0.6 is 0 Å². The molecule has 2 aromatic carbocycles. The van der Waals surface area contributed by atoms with Gasteiger partial charge in [-0.2, -0.15) is 0 Å². The summed E-state index contributed by atoms with van der Waals surface area (Å²) in [5.74, 6) is 0.494. The number of hydrogen-bond acceptors (Lipinski definition) is 7. The van der Waals surface area contributed by atoms with Crippen molar-refractivity contribution in [3.63, 3.8) is 0 Å². The third-order valence-electron chi connectivity index (χ3n) is 5.28. The second-order valence-corrected chi connectivity index (χ2v) is 7.65. The predicted molar refractivity (Wildman–Crippen MR) is 122 cm³/mol. The molecule has 33 heavy (non-hydrogen) atoms. The number of nitrogen functional groups attached to an aromatic ring is 1. The fourth-order valence-corrected chi connectivity index (χ4v) is 3.60. The highest BCUT2D eigenvalue weighted by molar-refractivity contribution is 5.95. The monoisotopic (exact) mass is 452 g/mol. The maximum absolute atomic E-state index is 15.0. The number of methoxy groups -OCH3 is 1. The number of ether oxygens (including phenoxy) is 3. The van der Waals surface area contributed by atoms with Crippen molar-refractivity contribution in [3.05, 3.63) is 54.0 Å². The minimum atomic E-state index is -0.567. The predicted octanol–water partition coefficient (Wildman–Crippen LogP) is 3.85. The third kappa shape index (κ3) is 4.97. The zero-order valence-electron chi connectivity index (χ0n) is 18.4. The maximum Gasteiger partial charge on any atom is 0.231 e. The molecule has 3 aromatic rings. The lowest BCUT2D eigenvalue weighted by Gasteiger charge is -2.25. The zero-order chi connectivity index (χ0) is 23.4. The second-order valence-electron chi connectivity index (χ2n) is 7.65. The molecule has 0 aliphatic carbocycles. The highest BCUT2D eigenvalue weighted by Crippen LogP contribution is 2.35. The van der Waals surface area contributed by atoms with Crippen molar-refractivity contribution in [2.24, 2.45) is 5.92 Å². The number of amides is 1. The lowest BCUT2D eigenvalue weighted by Crippen LogP contribution is -2.32. The van der Waals surface area contributed by atoms with Gasteiger partial charge in [0.2, 0.25) is 11.9 Å². The Bertz CT molecular complexity index is 1170. The van der Waals surface area contributed by atoms with Crippen molar-refractivity contribution >= 4 is 17.5 Å². The van der Waals surface area contributed by atoms with Crippen LogP contribution in [-0.2, 0) is 11.2 Å². The van der Waals surface area contributed by atoms with E-state index in [0.29, 0.717) is 30.2 Å². The topological polar surface area (TPSA) is 109 Å². The van der Waals surface area contributed by atoms with Gasteiger partial charge in [0.25, 0.3) is 0 Å². The van der Waals surface area contributed by atoms with Crippen LogP contribution < -0.4 is 25.3 Å². The van der Waals surface area contributed by atoms with Crippen molar-refractivity contribution in [1.82, 2.24) is 9.97 Å². The van der Waals surface area contributed by atoms with Gasteiger partial charge in [0.1, 0.15) is 29.7 Å². The van der Waals surface area contributed by atoms with Crippen molar-refractivity contribution in [3.8, 4) is 28.5 Å². The minimum Gasteiger partial charge on any atom is -0.497 e. The molecule has 0 bridgehead atoms. The van der Waals surface area contributed by atoms with Crippen LogP contribution in [0.2, 0.25) is 0 Å². The van der Waals surface area contributed by atoms with E-state index >= 15 is 0 Å². The second kappa shape index (κ2) is 9.72. The number of carbonyl (C=O) groups excluding carboxylic acids is 1. The molecule has 0 spiro atoms. The highest BCUT2D eigenvalue weighted by atomic mass is 19.1. The van der Waals surface area contributed by atoms with Crippen molar-refractivity contribution in [2.75, 3.05) is 31.4 Å². The van der Waals surface area contributed by atoms with Gasteiger partial charge in [-0.05, 0) is 48.7 Å². The number of carbonyl (C=O) groups is 1. The molecule has 9 heteroatoms. The Morgan fingerprint density at radius 2 is 2.15 bits per heavy atom. The molecule has 1 atom stereocenters. The Morgan fingerprint density at radius 3 is 2.91 bits per heavy atom. The van der Waals surface area contributed by atoms with Crippen LogP contribution in [0, 0.1) is 11.7 Å². The molecular formula is C24H25FN4O4. The number of benzene rings is 2. The number of anilines is 2. The summed E-state index contributed by atoms with van der Waals surface area (Å²) in [6.45, 7) is 2.58. The standard InChI is InChI=1S/C24H25FN4O4/c1-3-8-32-22-11-17(19-6-7-27-24(26)29-19)18(25)12-20(22)28-23(30)15-9-14-10-16(31-2)4-5-21(14)33-13-15/h4-7,10-12,15H,3,8-9,13H2,1-2H3,(H,28,30)(H2,26,27,29). The van der Waals surface area contributed by atoms with E-state index < -0.39 is 11.7 Å². The zero-order valence-corrected chi connectivity index (χ0v) is 18.4. The molecule has 0 fully saturated rings. The first-order valence-corrected chi connectivity index (χ1v) is 10.6. The van der Waals surface area contributed by atoms with Gasteiger partial charge < -0.3 is 25.3 Å². The van der Waals surface area contributed by atoms with E-state index in [-0.39, 0.29) is 29.7 Å². The number of fused-ring (bicyclic) bond motifs is 1. The summed E-state index contributed by atoms with van der Waals surface area (Å²) < 4.78 is 31.8. The van der Waals surface area contributed by atoms with Gasteiger partial charge in [-0.15, -0.1) is 0 Å². The number of hydrogen-bond donors (Lipinski definition) is 2. The Morgan fingerprint density at radius 1 is 1.30 bits per heavy atom. The van der Waals surface area contributed by atoms with Crippen molar-refractivity contribution in [1.29, 1.82) is 0 Å². The summed E-state index contributed by atoms with van der Waals surface area (Å²) in [6, 6.07) is 9.80. The molecular weight excluding hydrogens is 427 g/mol. The van der Waals surface area contributed by atoms with Crippen LogP contribution in [0.4, 0.5) is 16.0 Å².